The molecule has 0 atom stereocenters. The number of para-hydroxylation sites is 1. The number of nitrogens with zero attached hydrogens (tertiary/aromatic N) is 2. The van der Waals surface area contributed by atoms with Gasteiger partial charge in [0.05, 0.1) is 12.1 Å². The molecule has 1 N–H and O–H groups in total. The summed E-state index contributed by atoms with van der Waals surface area (Å²) in [6.07, 6.45) is 8.96. The first-order valence-corrected chi connectivity index (χ1v) is 13.2. The highest BCUT2D eigenvalue weighted by Crippen LogP contribution is 2.27. The largest absolute Gasteiger partial charge is 0.481 e. The molecular formula is C34H32N2O3. The first-order valence-electron chi connectivity index (χ1n) is 13.2. The summed E-state index contributed by atoms with van der Waals surface area (Å²) in [6.45, 7) is 4.56. The lowest BCUT2D eigenvalue weighted by atomic mass is 9.98. The number of pyridine rings is 1. The summed E-state index contributed by atoms with van der Waals surface area (Å²) in [6, 6.07) is 26.6. The Morgan fingerprint density at radius 3 is 2.33 bits per heavy atom. The van der Waals surface area contributed by atoms with E-state index in [1.54, 1.807) is 4.57 Å². The van der Waals surface area contributed by atoms with E-state index in [1.807, 2.05) is 61.7 Å². The van der Waals surface area contributed by atoms with Gasteiger partial charge in [0.2, 0.25) is 0 Å². The molecule has 5 nitrogen and oxygen atoms in total. The highest BCUT2D eigenvalue weighted by Gasteiger charge is 2.14. The van der Waals surface area contributed by atoms with Crippen molar-refractivity contribution in [1.29, 1.82) is 0 Å². The van der Waals surface area contributed by atoms with Gasteiger partial charge in [-0.1, -0.05) is 78.4 Å². The van der Waals surface area contributed by atoms with Gasteiger partial charge in [-0.3, -0.25) is 9.59 Å². The Balaban J connectivity index is 1.57. The van der Waals surface area contributed by atoms with Gasteiger partial charge in [0, 0.05) is 41.0 Å². The first kappa shape index (κ1) is 26.0. The lowest BCUT2D eigenvalue weighted by Gasteiger charge is -2.14. The molecule has 0 amide bonds. The van der Waals surface area contributed by atoms with E-state index in [1.165, 1.54) is 5.56 Å². The minimum absolute atomic E-state index is 0.0270. The Labute approximate surface area is 228 Å². The van der Waals surface area contributed by atoms with E-state index in [9.17, 15) is 14.7 Å². The fraction of sp³-hybridized carbons (Fsp3) is 0.176. The lowest BCUT2D eigenvalue weighted by molar-refractivity contribution is -0.137. The van der Waals surface area contributed by atoms with Crippen LogP contribution in [0.2, 0.25) is 0 Å². The molecule has 0 aliphatic rings. The van der Waals surface area contributed by atoms with Gasteiger partial charge >= 0.3 is 5.97 Å². The summed E-state index contributed by atoms with van der Waals surface area (Å²) in [7, 11) is 0. The zero-order valence-electron chi connectivity index (χ0n) is 22.3. The predicted octanol–water partition coefficient (Wildman–Crippen LogP) is 7.04. The van der Waals surface area contributed by atoms with Crippen LogP contribution in [0.3, 0.4) is 0 Å². The second-order valence-electron chi connectivity index (χ2n) is 10.0. The Hall–Kier alpha value is -4.64. The van der Waals surface area contributed by atoms with Gasteiger partial charge in [-0.25, -0.2) is 0 Å². The maximum absolute atomic E-state index is 13.6. The van der Waals surface area contributed by atoms with Crippen molar-refractivity contribution in [1.82, 2.24) is 9.13 Å². The zero-order valence-corrected chi connectivity index (χ0v) is 22.3. The van der Waals surface area contributed by atoms with Crippen molar-refractivity contribution in [3.8, 4) is 5.69 Å². The number of hydrogen-bond donors (Lipinski definition) is 1. The third kappa shape index (κ3) is 5.78. The normalized spacial score (nSPS) is 11.4. The van der Waals surface area contributed by atoms with E-state index in [0.717, 1.165) is 38.8 Å². The topological polar surface area (TPSA) is 64.2 Å². The highest BCUT2D eigenvalue weighted by molar-refractivity contribution is 5.93. The summed E-state index contributed by atoms with van der Waals surface area (Å²) >= 11 is 0. The van der Waals surface area contributed by atoms with Gasteiger partial charge in [0.25, 0.3) is 5.56 Å². The number of aromatic nitrogens is 2. The molecule has 0 saturated carbocycles. The molecule has 0 radical (unpaired) electrons. The van der Waals surface area contributed by atoms with Crippen LogP contribution in [-0.2, 0) is 17.8 Å². The summed E-state index contributed by atoms with van der Waals surface area (Å²) in [5, 5.41) is 10.3. The smallest absolute Gasteiger partial charge is 0.303 e. The number of aryl methyl sites for hydroxylation is 2. The Morgan fingerprint density at radius 1 is 0.872 bits per heavy atom. The predicted molar refractivity (Wildman–Crippen MR) is 158 cm³/mol. The summed E-state index contributed by atoms with van der Waals surface area (Å²) in [5.74, 6) is -0.853. The van der Waals surface area contributed by atoms with Crippen molar-refractivity contribution >= 4 is 29.0 Å². The highest BCUT2D eigenvalue weighted by atomic mass is 16.4. The average Bonchev–Trinajstić information content (AvgIpc) is 3.30. The molecule has 0 aliphatic heterocycles. The van der Waals surface area contributed by atoms with Crippen molar-refractivity contribution in [3.05, 3.63) is 135 Å². The molecule has 2 heterocycles. The minimum atomic E-state index is -0.853. The number of hydrogen-bond acceptors (Lipinski definition) is 2. The molecule has 0 spiro atoms. The summed E-state index contributed by atoms with van der Waals surface area (Å²) < 4.78 is 3.92. The van der Waals surface area contributed by atoms with Gasteiger partial charge in [-0.05, 0) is 61.6 Å². The molecule has 5 aromatic rings. The molecule has 0 unspecified atom stereocenters. The van der Waals surface area contributed by atoms with Crippen molar-refractivity contribution in [2.45, 2.75) is 39.7 Å². The van der Waals surface area contributed by atoms with Crippen molar-refractivity contribution in [3.63, 3.8) is 0 Å². The molecule has 196 valence electrons. The van der Waals surface area contributed by atoms with Crippen LogP contribution >= 0.6 is 0 Å². The van der Waals surface area contributed by atoms with Crippen LogP contribution in [0.15, 0.2) is 96.1 Å². The molecule has 5 rings (SSSR count). The van der Waals surface area contributed by atoms with Gasteiger partial charge in [0.15, 0.2) is 0 Å². The first-order chi connectivity index (χ1) is 18.9. The Kier molecular flexibility index (Phi) is 7.60. The van der Waals surface area contributed by atoms with Gasteiger partial charge < -0.3 is 14.2 Å². The molecule has 0 aliphatic carbocycles. The second kappa shape index (κ2) is 11.4. The SMILES string of the molecule is Cc1ccc(-n2cc(/C=C/c3c(C)cn(Cc4ccccc4)c(=O)c3CCCC(=O)O)c3ccccc32)cc1. The summed E-state index contributed by atoms with van der Waals surface area (Å²) in [4.78, 5) is 24.8. The molecule has 2 aromatic heterocycles. The van der Waals surface area contributed by atoms with Gasteiger partial charge in [-0.2, -0.15) is 0 Å². The number of fused-ring (bicyclic) bond motifs is 1. The van der Waals surface area contributed by atoms with Crippen LogP contribution in [0, 0.1) is 13.8 Å². The number of carboxylic acid groups (broad SMARTS) is 1. The van der Waals surface area contributed by atoms with E-state index in [2.05, 4.69) is 60.2 Å². The van der Waals surface area contributed by atoms with Crippen LogP contribution < -0.4 is 5.56 Å². The fourth-order valence-corrected chi connectivity index (χ4v) is 5.11. The van der Waals surface area contributed by atoms with E-state index in [0.29, 0.717) is 24.9 Å². The van der Waals surface area contributed by atoms with Crippen LogP contribution in [0.5, 0.6) is 0 Å². The van der Waals surface area contributed by atoms with Crippen LogP contribution in [0.4, 0.5) is 0 Å². The number of aliphatic carboxylic acids is 1. The molecule has 0 bridgehead atoms. The summed E-state index contributed by atoms with van der Waals surface area (Å²) in [5.41, 5.74) is 7.93. The maximum atomic E-state index is 13.6. The fourth-order valence-electron chi connectivity index (χ4n) is 5.11. The van der Waals surface area contributed by atoms with Crippen LogP contribution in [0.1, 0.15) is 46.2 Å². The van der Waals surface area contributed by atoms with Gasteiger partial charge in [-0.15, -0.1) is 0 Å². The van der Waals surface area contributed by atoms with Crippen molar-refractivity contribution < 1.29 is 9.90 Å². The molecule has 39 heavy (non-hydrogen) atoms. The van der Waals surface area contributed by atoms with Gasteiger partial charge in [0.1, 0.15) is 0 Å². The Morgan fingerprint density at radius 2 is 1.59 bits per heavy atom. The quantitative estimate of drug-likeness (QED) is 0.229. The monoisotopic (exact) mass is 516 g/mol. The van der Waals surface area contributed by atoms with Crippen LogP contribution in [-0.4, -0.2) is 20.2 Å². The second-order valence-corrected chi connectivity index (χ2v) is 10.0. The molecule has 5 heteroatoms. The van der Waals surface area contributed by atoms with Crippen LogP contribution in [0.25, 0.3) is 28.7 Å². The van der Waals surface area contributed by atoms with Crippen molar-refractivity contribution in [2.24, 2.45) is 0 Å². The van der Waals surface area contributed by atoms with Crippen molar-refractivity contribution in [2.75, 3.05) is 0 Å². The maximum Gasteiger partial charge on any atom is 0.303 e. The third-order valence-electron chi connectivity index (χ3n) is 7.12. The standard InChI is InChI=1S/C34H32N2O3/c1-24-15-18-28(19-16-24)36-23-27(30-11-6-7-13-32(30)36)17-20-29-25(2)21-35(22-26-9-4-3-5-10-26)34(39)31(29)12-8-14-33(37)38/h3-7,9-11,13,15-21,23H,8,12,14,22H2,1-2H3,(H,37,38)/b20-17+. The van der Waals surface area contributed by atoms with E-state index < -0.39 is 5.97 Å². The number of rotatable bonds is 9. The molecule has 0 fully saturated rings. The van der Waals surface area contributed by atoms with E-state index >= 15 is 0 Å². The third-order valence-corrected chi connectivity index (χ3v) is 7.12. The van der Waals surface area contributed by atoms with E-state index in [-0.39, 0.29) is 12.0 Å². The zero-order chi connectivity index (χ0) is 27.4. The lowest BCUT2D eigenvalue weighted by Crippen LogP contribution is -2.26. The Bertz CT molecular complexity index is 1710. The molecular weight excluding hydrogens is 484 g/mol. The average molecular weight is 517 g/mol. The van der Waals surface area contributed by atoms with E-state index in [4.69, 9.17) is 0 Å². The molecule has 3 aromatic carbocycles. The number of carbonyl (C=O) groups is 1. The molecule has 0 saturated heterocycles. The number of benzene rings is 3. The number of carboxylic acids is 1. The minimum Gasteiger partial charge on any atom is -0.481 e.